The lowest BCUT2D eigenvalue weighted by Crippen LogP contribution is -2.54. The summed E-state index contributed by atoms with van der Waals surface area (Å²) < 4.78 is 1.67. The average molecular weight is 492 g/mol. The maximum atomic E-state index is 13.1. The first-order chi connectivity index (χ1) is 17.5. The van der Waals surface area contributed by atoms with Crippen LogP contribution in [0.25, 0.3) is 11.0 Å². The van der Waals surface area contributed by atoms with Crippen LogP contribution >= 0.6 is 0 Å². The second kappa shape index (κ2) is 9.92. The van der Waals surface area contributed by atoms with Crippen molar-refractivity contribution < 1.29 is 9.90 Å². The third-order valence-electron chi connectivity index (χ3n) is 10.2. The van der Waals surface area contributed by atoms with Crippen LogP contribution < -0.4 is 5.56 Å². The molecular formula is C30H41N3O3. The Kier molecular flexibility index (Phi) is 6.65. The molecule has 0 spiro atoms. The maximum Gasteiger partial charge on any atom is 0.360 e. The number of carbonyl (C=O) groups is 1. The van der Waals surface area contributed by atoms with Crippen molar-refractivity contribution in [1.82, 2.24) is 14.5 Å². The van der Waals surface area contributed by atoms with Gasteiger partial charge in [-0.2, -0.15) is 0 Å². The molecule has 4 aliphatic rings. The molecule has 194 valence electrons. The van der Waals surface area contributed by atoms with Crippen LogP contribution in [-0.2, 0) is 6.54 Å². The van der Waals surface area contributed by atoms with E-state index >= 15 is 0 Å². The largest absolute Gasteiger partial charge is 0.476 e. The van der Waals surface area contributed by atoms with Gasteiger partial charge in [-0.15, -0.1) is 0 Å². The highest BCUT2D eigenvalue weighted by atomic mass is 16.4. The lowest BCUT2D eigenvalue weighted by Gasteiger charge is -2.53. The molecule has 4 fully saturated rings. The smallest absolute Gasteiger partial charge is 0.360 e. The molecule has 0 radical (unpaired) electrons. The molecule has 3 aliphatic carbocycles. The van der Waals surface area contributed by atoms with Crippen LogP contribution in [0.5, 0.6) is 0 Å². The minimum absolute atomic E-state index is 0.372. The molecule has 2 heterocycles. The van der Waals surface area contributed by atoms with Gasteiger partial charge in [-0.25, -0.2) is 9.78 Å². The normalized spacial score (nSPS) is 33.4. The number of carboxylic acids is 1. The zero-order chi connectivity index (χ0) is 24.8. The van der Waals surface area contributed by atoms with E-state index in [0.717, 1.165) is 35.6 Å². The Hall–Kier alpha value is -2.21. The number of piperidine rings is 1. The third kappa shape index (κ3) is 4.51. The van der Waals surface area contributed by atoms with Gasteiger partial charge < -0.3 is 9.67 Å². The zero-order valence-electron chi connectivity index (χ0n) is 21.6. The van der Waals surface area contributed by atoms with Crippen molar-refractivity contribution in [2.45, 2.75) is 109 Å². The van der Waals surface area contributed by atoms with Crippen molar-refractivity contribution in [2.24, 2.45) is 23.7 Å². The molecule has 1 saturated heterocycles. The molecule has 6 atom stereocenters. The van der Waals surface area contributed by atoms with Crippen molar-refractivity contribution in [1.29, 1.82) is 0 Å². The van der Waals surface area contributed by atoms with Gasteiger partial charge in [0.2, 0.25) is 5.69 Å². The summed E-state index contributed by atoms with van der Waals surface area (Å²) in [6.07, 6.45) is 16.0. The van der Waals surface area contributed by atoms with E-state index < -0.39 is 11.5 Å². The third-order valence-corrected chi connectivity index (χ3v) is 10.2. The minimum atomic E-state index is -1.25. The van der Waals surface area contributed by atoms with Crippen molar-refractivity contribution >= 4 is 17.0 Å². The SMILES string of the molecule is C[C@H]1CCC[C@@H](CCn2c(=O)c(C(=O)O)nc3ccccc32)N1C1C[C@H]2CC(C3CCC3)C[C@@H](C1)C2. The minimum Gasteiger partial charge on any atom is -0.476 e. The molecule has 2 bridgehead atoms. The number of carboxylic acid groups (broad SMARTS) is 1. The van der Waals surface area contributed by atoms with E-state index in [9.17, 15) is 14.7 Å². The van der Waals surface area contributed by atoms with Crippen LogP contribution in [0.2, 0.25) is 0 Å². The Labute approximate surface area is 214 Å². The maximum absolute atomic E-state index is 13.1. The van der Waals surface area contributed by atoms with Crippen LogP contribution in [0.1, 0.15) is 94.5 Å². The van der Waals surface area contributed by atoms with Gasteiger partial charge >= 0.3 is 5.97 Å². The summed E-state index contributed by atoms with van der Waals surface area (Å²) in [5.74, 6) is 2.56. The summed E-state index contributed by atoms with van der Waals surface area (Å²) in [5, 5.41) is 9.58. The van der Waals surface area contributed by atoms with Gasteiger partial charge in [0, 0.05) is 24.7 Å². The number of aryl methyl sites for hydroxylation is 1. The number of aromatic nitrogens is 2. The van der Waals surface area contributed by atoms with Gasteiger partial charge in [-0.3, -0.25) is 9.69 Å². The van der Waals surface area contributed by atoms with Gasteiger partial charge in [-0.05, 0) is 94.1 Å². The molecule has 1 aromatic carbocycles. The number of hydrogen-bond acceptors (Lipinski definition) is 4. The van der Waals surface area contributed by atoms with E-state index in [4.69, 9.17) is 0 Å². The number of rotatable bonds is 6. The van der Waals surface area contributed by atoms with Crippen LogP contribution in [0.4, 0.5) is 0 Å². The van der Waals surface area contributed by atoms with E-state index in [1.165, 1.54) is 70.6 Å². The summed E-state index contributed by atoms with van der Waals surface area (Å²) >= 11 is 0. The van der Waals surface area contributed by atoms with Crippen LogP contribution in [0.3, 0.4) is 0 Å². The molecule has 1 aromatic heterocycles. The quantitative estimate of drug-likeness (QED) is 0.559. The van der Waals surface area contributed by atoms with E-state index in [2.05, 4.69) is 16.8 Å². The standard InChI is InChI=1S/C30H41N3O3/c1-19-6-4-9-24(12-13-32-27-11-3-2-10-26(27)31-28(29(32)34)30(35)36)33(19)25-17-20-14-21(18-25)16-23(15-20)22-7-5-8-22/h2-3,10-11,19-25H,4-9,12-18H2,1H3,(H,35,36)/t19-,20-,21+,23?,24-,25?/m0/s1. The predicted molar refractivity (Wildman–Crippen MR) is 141 cm³/mol. The Morgan fingerprint density at radius 3 is 2.39 bits per heavy atom. The van der Waals surface area contributed by atoms with Gasteiger partial charge in [0.05, 0.1) is 11.0 Å². The Morgan fingerprint density at radius 1 is 0.972 bits per heavy atom. The lowest BCUT2D eigenvalue weighted by molar-refractivity contribution is -0.0274. The van der Waals surface area contributed by atoms with Crippen molar-refractivity contribution in [3.63, 3.8) is 0 Å². The van der Waals surface area contributed by atoms with Crippen molar-refractivity contribution in [3.05, 3.63) is 40.3 Å². The molecule has 1 N–H and O–H groups in total. The Morgan fingerprint density at radius 2 is 1.69 bits per heavy atom. The van der Waals surface area contributed by atoms with Crippen LogP contribution in [0, 0.1) is 23.7 Å². The second-order valence-electron chi connectivity index (χ2n) is 12.4. The fraction of sp³-hybridized carbons (Fsp3) is 0.700. The monoisotopic (exact) mass is 491 g/mol. The molecule has 6 heteroatoms. The van der Waals surface area contributed by atoms with Gasteiger partial charge in [0.25, 0.3) is 5.56 Å². The van der Waals surface area contributed by atoms with Crippen LogP contribution in [0.15, 0.2) is 29.1 Å². The first-order valence-electron chi connectivity index (χ1n) is 14.5. The highest BCUT2D eigenvalue weighted by Crippen LogP contribution is 2.50. The number of fused-ring (bicyclic) bond motifs is 3. The molecule has 2 aromatic rings. The molecule has 2 unspecified atom stereocenters. The number of aromatic carboxylic acids is 1. The molecule has 6 rings (SSSR count). The molecule has 3 saturated carbocycles. The highest BCUT2D eigenvalue weighted by molar-refractivity contribution is 5.88. The summed E-state index contributed by atoms with van der Waals surface area (Å²) in [4.78, 5) is 31.8. The summed E-state index contributed by atoms with van der Waals surface area (Å²) in [5.41, 5.74) is 0.455. The van der Waals surface area contributed by atoms with E-state index in [-0.39, 0.29) is 5.69 Å². The molecular weight excluding hydrogens is 450 g/mol. The van der Waals surface area contributed by atoms with Gasteiger partial charge in [-0.1, -0.05) is 37.8 Å². The van der Waals surface area contributed by atoms with E-state index in [1.807, 2.05) is 18.2 Å². The fourth-order valence-corrected chi connectivity index (χ4v) is 8.50. The van der Waals surface area contributed by atoms with E-state index in [1.54, 1.807) is 10.6 Å². The van der Waals surface area contributed by atoms with Gasteiger partial charge in [0.1, 0.15) is 0 Å². The highest BCUT2D eigenvalue weighted by Gasteiger charge is 2.43. The lowest BCUT2D eigenvalue weighted by atomic mass is 9.60. The van der Waals surface area contributed by atoms with Gasteiger partial charge in [0.15, 0.2) is 0 Å². The molecule has 6 nitrogen and oxygen atoms in total. The fourth-order valence-electron chi connectivity index (χ4n) is 8.50. The average Bonchev–Trinajstić information content (AvgIpc) is 2.81. The number of likely N-dealkylation sites (tertiary alicyclic amines) is 1. The number of benzene rings is 1. The molecule has 1 aliphatic heterocycles. The predicted octanol–water partition coefficient (Wildman–Crippen LogP) is 5.72. The first kappa shape index (κ1) is 24.1. The second-order valence-corrected chi connectivity index (χ2v) is 12.4. The molecule has 36 heavy (non-hydrogen) atoms. The van der Waals surface area contributed by atoms with Crippen molar-refractivity contribution in [3.8, 4) is 0 Å². The van der Waals surface area contributed by atoms with Crippen molar-refractivity contribution in [2.75, 3.05) is 0 Å². The topological polar surface area (TPSA) is 75.4 Å². The zero-order valence-corrected chi connectivity index (χ0v) is 21.6. The van der Waals surface area contributed by atoms with Crippen LogP contribution in [-0.4, -0.2) is 43.7 Å². The Bertz CT molecular complexity index is 1160. The number of hydrogen-bond donors (Lipinski definition) is 1. The number of nitrogens with zero attached hydrogens (tertiary/aromatic N) is 3. The summed E-state index contributed by atoms with van der Waals surface area (Å²) in [7, 11) is 0. The first-order valence-corrected chi connectivity index (χ1v) is 14.5. The van der Waals surface area contributed by atoms with E-state index in [0.29, 0.717) is 30.2 Å². The molecule has 0 amide bonds. The summed E-state index contributed by atoms with van der Waals surface area (Å²) in [6.45, 7) is 2.95. The Balaban J connectivity index is 1.21. The number of para-hydroxylation sites is 2. The summed E-state index contributed by atoms with van der Waals surface area (Å²) in [6, 6.07) is 9.12.